The summed E-state index contributed by atoms with van der Waals surface area (Å²) < 4.78 is 12.6. The standard InChI is InChI=1S/C17H20N6O3/c1-17(2,3)26-16(24)22-6-7-25-10-13(22)15-20-11-21-23(15)14-5-4-12(8-18)9-19-14/h4-5,9,11,13H,6-7,10H2,1-3H3. The molecule has 0 spiro atoms. The van der Waals surface area contributed by atoms with Crippen LogP contribution in [0.3, 0.4) is 0 Å². The Kier molecular flexibility index (Phi) is 4.86. The van der Waals surface area contributed by atoms with E-state index in [2.05, 4.69) is 15.1 Å². The van der Waals surface area contributed by atoms with Gasteiger partial charge in [0.1, 0.15) is 24.0 Å². The molecule has 9 heteroatoms. The van der Waals surface area contributed by atoms with Crippen molar-refractivity contribution in [2.45, 2.75) is 32.4 Å². The number of nitrogens with zero attached hydrogens (tertiary/aromatic N) is 6. The molecule has 1 unspecified atom stereocenters. The number of carbonyl (C=O) groups is 1. The first-order chi connectivity index (χ1) is 12.4. The first kappa shape index (κ1) is 17.8. The van der Waals surface area contributed by atoms with Crippen LogP contribution in [0.15, 0.2) is 24.7 Å². The molecule has 26 heavy (non-hydrogen) atoms. The van der Waals surface area contributed by atoms with Crippen LogP contribution in [-0.4, -0.2) is 56.1 Å². The molecule has 0 N–H and O–H groups in total. The van der Waals surface area contributed by atoms with E-state index in [1.54, 1.807) is 17.0 Å². The Hall–Kier alpha value is -2.99. The van der Waals surface area contributed by atoms with Crippen LogP contribution in [0.1, 0.15) is 38.2 Å². The third-order valence-corrected chi connectivity index (χ3v) is 3.72. The fourth-order valence-electron chi connectivity index (χ4n) is 2.59. The van der Waals surface area contributed by atoms with Crippen LogP contribution >= 0.6 is 0 Å². The van der Waals surface area contributed by atoms with E-state index in [1.807, 2.05) is 26.8 Å². The molecule has 0 aromatic carbocycles. The minimum atomic E-state index is -0.595. The lowest BCUT2D eigenvalue weighted by Crippen LogP contribution is -2.46. The first-order valence-electron chi connectivity index (χ1n) is 8.23. The molecule has 1 atom stereocenters. The molecular formula is C17H20N6O3. The second kappa shape index (κ2) is 7.09. The number of ether oxygens (including phenoxy) is 2. The number of nitriles is 1. The van der Waals surface area contributed by atoms with Gasteiger partial charge in [-0.1, -0.05) is 0 Å². The molecule has 3 heterocycles. The maximum atomic E-state index is 12.6. The number of morpholine rings is 1. The molecule has 1 fully saturated rings. The lowest BCUT2D eigenvalue weighted by molar-refractivity contribution is -0.0355. The number of hydrogen-bond acceptors (Lipinski definition) is 7. The van der Waals surface area contributed by atoms with E-state index in [4.69, 9.17) is 14.7 Å². The molecule has 9 nitrogen and oxygen atoms in total. The van der Waals surface area contributed by atoms with Crippen LogP contribution in [0.2, 0.25) is 0 Å². The van der Waals surface area contributed by atoms with Gasteiger partial charge in [-0.2, -0.15) is 15.0 Å². The molecule has 3 rings (SSSR count). The summed E-state index contributed by atoms with van der Waals surface area (Å²) in [4.78, 5) is 22.7. The normalized spacial score (nSPS) is 17.6. The zero-order chi connectivity index (χ0) is 18.7. The number of rotatable bonds is 2. The summed E-state index contributed by atoms with van der Waals surface area (Å²) in [5.41, 5.74) is -0.144. The van der Waals surface area contributed by atoms with Crippen LogP contribution in [0.25, 0.3) is 5.82 Å². The number of amides is 1. The summed E-state index contributed by atoms with van der Waals surface area (Å²) in [5.74, 6) is 1.03. The molecule has 0 radical (unpaired) electrons. The summed E-state index contributed by atoms with van der Waals surface area (Å²) in [6.07, 6.45) is 2.44. The number of pyridine rings is 1. The number of hydrogen-bond donors (Lipinski definition) is 0. The van der Waals surface area contributed by atoms with Gasteiger partial charge in [0.2, 0.25) is 0 Å². The van der Waals surface area contributed by atoms with Gasteiger partial charge in [0.25, 0.3) is 0 Å². The Morgan fingerprint density at radius 3 is 2.85 bits per heavy atom. The third-order valence-electron chi connectivity index (χ3n) is 3.72. The van der Waals surface area contributed by atoms with Gasteiger partial charge < -0.3 is 9.47 Å². The van der Waals surface area contributed by atoms with Gasteiger partial charge in [-0.15, -0.1) is 0 Å². The van der Waals surface area contributed by atoms with Gasteiger partial charge in [0.05, 0.1) is 18.8 Å². The summed E-state index contributed by atoms with van der Waals surface area (Å²) in [6.45, 7) is 6.58. The lowest BCUT2D eigenvalue weighted by atomic mass is 10.2. The Bertz CT molecular complexity index is 818. The Labute approximate surface area is 151 Å². The molecule has 1 aliphatic rings. The second-order valence-corrected chi connectivity index (χ2v) is 6.81. The zero-order valence-electron chi connectivity index (χ0n) is 14.9. The Morgan fingerprint density at radius 1 is 1.38 bits per heavy atom. The van der Waals surface area contributed by atoms with Crippen molar-refractivity contribution in [3.8, 4) is 11.9 Å². The van der Waals surface area contributed by atoms with Crippen LogP contribution in [-0.2, 0) is 9.47 Å². The smallest absolute Gasteiger partial charge is 0.411 e. The van der Waals surface area contributed by atoms with E-state index in [0.717, 1.165) is 0 Å². The van der Waals surface area contributed by atoms with Crippen LogP contribution in [0, 0.1) is 11.3 Å². The number of aromatic nitrogens is 4. The van der Waals surface area contributed by atoms with E-state index in [0.29, 0.717) is 30.4 Å². The van der Waals surface area contributed by atoms with Crippen LogP contribution < -0.4 is 0 Å². The molecule has 1 saturated heterocycles. The van der Waals surface area contributed by atoms with Gasteiger partial charge >= 0.3 is 6.09 Å². The predicted octanol–water partition coefficient (Wildman–Crippen LogP) is 1.84. The highest BCUT2D eigenvalue weighted by atomic mass is 16.6. The highest BCUT2D eigenvalue weighted by molar-refractivity contribution is 5.69. The van der Waals surface area contributed by atoms with Gasteiger partial charge in [0.15, 0.2) is 11.6 Å². The summed E-state index contributed by atoms with van der Waals surface area (Å²) >= 11 is 0. The van der Waals surface area contributed by atoms with Crippen molar-refractivity contribution in [3.05, 3.63) is 36.0 Å². The molecule has 2 aromatic heterocycles. The molecule has 0 aliphatic carbocycles. The molecule has 0 saturated carbocycles. The zero-order valence-corrected chi connectivity index (χ0v) is 14.9. The third kappa shape index (κ3) is 3.81. The van der Waals surface area contributed by atoms with Crippen LogP contribution in [0.5, 0.6) is 0 Å². The summed E-state index contributed by atoms with van der Waals surface area (Å²) in [5, 5.41) is 13.1. The fourth-order valence-corrected chi connectivity index (χ4v) is 2.59. The highest BCUT2D eigenvalue weighted by Crippen LogP contribution is 2.26. The molecule has 136 valence electrons. The van der Waals surface area contributed by atoms with Gasteiger partial charge in [-0.05, 0) is 32.9 Å². The summed E-state index contributed by atoms with van der Waals surface area (Å²) in [6, 6.07) is 4.91. The molecule has 2 aromatic rings. The molecular weight excluding hydrogens is 336 g/mol. The van der Waals surface area contributed by atoms with Gasteiger partial charge in [-0.3, -0.25) is 4.90 Å². The maximum absolute atomic E-state index is 12.6. The van der Waals surface area contributed by atoms with Gasteiger partial charge in [0, 0.05) is 12.7 Å². The van der Waals surface area contributed by atoms with E-state index in [9.17, 15) is 4.79 Å². The van der Waals surface area contributed by atoms with Crippen molar-refractivity contribution >= 4 is 6.09 Å². The first-order valence-corrected chi connectivity index (χ1v) is 8.23. The SMILES string of the molecule is CC(C)(C)OC(=O)N1CCOCC1c1ncnn1-c1ccc(C#N)cn1. The highest BCUT2D eigenvalue weighted by Gasteiger charge is 2.35. The largest absolute Gasteiger partial charge is 0.444 e. The maximum Gasteiger partial charge on any atom is 0.411 e. The monoisotopic (exact) mass is 356 g/mol. The second-order valence-electron chi connectivity index (χ2n) is 6.81. The Morgan fingerprint density at radius 2 is 2.19 bits per heavy atom. The van der Waals surface area contributed by atoms with Crippen molar-refractivity contribution in [1.82, 2.24) is 24.6 Å². The van der Waals surface area contributed by atoms with E-state index >= 15 is 0 Å². The van der Waals surface area contributed by atoms with E-state index < -0.39 is 17.7 Å². The number of carbonyl (C=O) groups excluding carboxylic acids is 1. The fraction of sp³-hybridized carbons (Fsp3) is 0.471. The van der Waals surface area contributed by atoms with Gasteiger partial charge in [-0.25, -0.2) is 14.8 Å². The van der Waals surface area contributed by atoms with E-state index in [-0.39, 0.29) is 6.61 Å². The van der Waals surface area contributed by atoms with Crippen molar-refractivity contribution < 1.29 is 14.3 Å². The quantitative estimate of drug-likeness (QED) is 0.808. The predicted molar refractivity (Wildman–Crippen MR) is 90.4 cm³/mol. The van der Waals surface area contributed by atoms with Crippen molar-refractivity contribution in [2.24, 2.45) is 0 Å². The van der Waals surface area contributed by atoms with Crippen LogP contribution in [0.4, 0.5) is 4.79 Å². The van der Waals surface area contributed by atoms with Crippen molar-refractivity contribution in [1.29, 1.82) is 5.26 Å². The minimum Gasteiger partial charge on any atom is -0.444 e. The average Bonchev–Trinajstić information content (AvgIpc) is 3.10. The van der Waals surface area contributed by atoms with E-state index in [1.165, 1.54) is 17.2 Å². The van der Waals surface area contributed by atoms with Crippen molar-refractivity contribution in [3.63, 3.8) is 0 Å². The average molecular weight is 356 g/mol. The lowest BCUT2D eigenvalue weighted by Gasteiger charge is -2.35. The summed E-state index contributed by atoms with van der Waals surface area (Å²) in [7, 11) is 0. The Balaban J connectivity index is 1.90. The molecule has 1 aliphatic heterocycles. The molecule has 0 bridgehead atoms. The minimum absolute atomic E-state index is 0.286. The molecule has 1 amide bonds. The van der Waals surface area contributed by atoms with Crippen molar-refractivity contribution in [2.75, 3.05) is 19.8 Å². The topological polar surface area (TPSA) is 106 Å².